The molecule has 128 valence electrons. The number of aromatic nitrogens is 3. The molecule has 2 aromatic heterocycles. The Morgan fingerprint density at radius 2 is 1.88 bits per heavy atom. The number of halogens is 4. The summed E-state index contributed by atoms with van der Waals surface area (Å²) >= 11 is 9.70. The summed E-state index contributed by atoms with van der Waals surface area (Å²) in [5.74, 6) is 0. The molecule has 0 unspecified atom stereocenters. The maximum Gasteiger partial charge on any atom is 0.407 e. The van der Waals surface area contributed by atoms with Gasteiger partial charge in [0.15, 0.2) is 5.65 Å². The van der Waals surface area contributed by atoms with Gasteiger partial charge in [0.1, 0.15) is 6.04 Å². The van der Waals surface area contributed by atoms with Crippen molar-refractivity contribution >= 4 is 35.4 Å². The average Bonchev–Trinajstić information content (AvgIpc) is 2.96. The zero-order valence-corrected chi connectivity index (χ0v) is 14.1. The van der Waals surface area contributed by atoms with E-state index in [-0.39, 0.29) is 5.56 Å². The highest BCUT2D eigenvalue weighted by Gasteiger charge is 2.39. The van der Waals surface area contributed by atoms with Crippen molar-refractivity contribution in [3.05, 3.63) is 53.4 Å². The van der Waals surface area contributed by atoms with Gasteiger partial charge in [0.2, 0.25) is 0 Å². The van der Waals surface area contributed by atoms with Gasteiger partial charge in [-0.15, -0.1) is 12.6 Å². The van der Waals surface area contributed by atoms with Crippen molar-refractivity contribution in [2.75, 3.05) is 7.05 Å². The Kier molecular flexibility index (Phi) is 6.09. The van der Waals surface area contributed by atoms with E-state index < -0.39 is 12.2 Å². The van der Waals surface area contributed by atoms with Crippen LogP contribution in [0.5, 0.6) is 0 Å². The molecule has 0 fully saturated rings. The summed E-state index contributed by atoms with van der Waals surface area (Å²) in [5.41, 5.74) is 1.81. The van der Waals surface area contributed by atoms with Gasteiger partial charge in [0, 0.05) is 16.1 Å². The fraction of sp³-hybridized carbons (Fsp3) is 0.200. The molecule has 0 bridgehead atoms. The van der Waals surface area contributed by atoms with Crippen LogP contribution >= 0.6 is 24.2 Å². The molecule has 3 aromatic rings. The summed E-state index contributed by atoms with van der Waals surface area (Å²) < 4.78 is 37.2. The van der Waals surface area contributed by atoms with Crippen LogP contribution in [-0.2, 0) is 0 Å². The van der Waals surface area contributed by atoms with Gasteiger partial charge in [0.25, 0.3) is 0 Å². The highest BCUT2D eigenvalue weighted by molar-refractivity contribution is 7.80. The molecule has 0 saturated carbocycles. The monoisotopic (exact) mass is 374 g/mol. The quantitative estimate of drug-likeness (QED) is 0.582. The van der Waals surface area contributed by atoms with Crippen molar-refractivity contribution in [1.29, 1.82) is 0 Å². The van der Waals surface area contributed by atoms with Crippen molar-refractivity contribution in [3.8, 4) is 0 Å². The van der Waals surface area contributed by atoms with Crippen LogP contribution in [0.4, 0.5) is 13.2 Å². The Labute approximate surface area is 146 Å². The number of hydrogen-bond donors (Lipinski definition) is 3. The Bertz CT molecular complexity index is 789. The van der Waals surface area contributed by atoms with Crippen LogP contribution < -0.4 is 5.32 Å². The Morgan fingerprint density at radius 1 is 1.21 bits per heavy atom. The summed E-state index contributed by atoms with van der Waals surface area (Å²) in [6.45, 7) is 0. The maximum atomic E-state index is 12.4. The lowest BCUT2D eigenvalue weighted by Crippen LogP contribution is -2.31. The van der Waals surface area contributed by atoms with Crippen molar-refractivity contribution in [2.45, 2.75) is 17.1 Å². The van der Waals surface area contributed by atoms with Gasteiger partial charge in [-0.25, -0.2) is 9.97 Å². The van der Waals surface area contributed by atoms with E-state index in [1.165, 1.54) is 31.3 Å². The number of alkyl halides is 3. The summed E-state index contributed by atoms with van der Waals surface area (Å²) in [5, 5.41) is 2.63. The second kappa shape index (κ2) is 7.87. The number of nitrogens with zero attached hydrogens (tertiary/aromatic N) is 2. The van der Waals surface area contributed by atoms with Gasteiger partial charge in [-0.05, 0) is 30.8 Å². The zero-order chi connectivity index (χ0) is 17.7. The average molecular weight is 375 g/mol. The molecule has 0 radical (unpaired) electrons. The number of pyridine rings is 1. The normalized spacial score (nSPS) is 12.6. The number of fused-ring (bicyclic) bond motifs is 1. The van der Waals surface area contributed by atoms with E-state index in [2.05, 4.69) is 32.9 Å². The minimum atomic E-state index is -4.29. The van der Waals surface area contributed by atoms with Crippen LogP contribution in [0, 0.1) is 0 Å². The first-order chi connectivity index (χ1) is 11.3. The Balaban J connectivity index is 0.000000182. The molecule has 0 amide bonds. The molecular weight excluding hydrogens is 361 g/mol. The molecule has 2 heterocycles. The lowest BCUT2D eigenvalue weighted by Gasteiger charge is -2.19. The summed E-state index contributed by atoms with van der Waals surface area (Å²) in [6, 6.07) is 5.84. The topological polar surface area (TPSA) is 53.6 Å². The zero-order valence-electron chi connectivity index (χ0n) is 12.5. The number of H-pyrrole nitrogens is 1. The summed E-state index contributed by atoms with van der Waals surface area (Å²) in [7, 11) is 1.27. The van der Waals surface area contributed by atoms with Gasteiger partial charge < -0.3 is 10.3 Å². The Morgan fingerprint density at radius 3 is 2.46 bits per heavy atom. The van der Waals surface area contributed by atoms with Crippen LogP contribution in [0.15, 0.2) is 47.8 Å². The predicted octanol–water partition coefficient (Wildman–Crippen LogP) is 4.41. The molecule has 1 atom stereocenters. The molecule has 3 rings (SSSR count). The first-order valence-corrected chi connectivity index (χ1v) is 7.61. The lowest BCUT2D eigenvalue weighted by atomic mass is 10.1. The number of hydrogen-bond acceptors (Lipinski definition) is 4. The highest BCUT2D eigenvalue weighted by Crippen LogP contribution is 2.32. The number of benzene rings is 1. The van der Waals surface area contributed by atoms with Crippen LogP contribution in [0.1, 0.15) is 11.6 Å². The van der Waals surface area contributed by atoms with Gasteiger partial charge in [-0.2, -0.15) is 13.2 Å². The van der Waals surface area contributed by atoms with E-state index >= 15 is 0 Å². The molecule has 0 aliphatic carbocycles. The van der Waals surface area contributed by atoms with E-state index in [0.717, 1.165) is 16.1 Å². The number of imidazole rings is 1. The molecule has 4 nitrogen and oxygen atoms in total. The second-order valence-electron chi connectivity index (χ2n) is 4.78. The first-order valence-electron chi connectivity index (χ1n) is 6.79. The number of nitrogens with one attached hydrogen (secondary N) is 2. The fourth-order valence-electron chi connectivity index (χ4n) is 1.99. The van der Waals surface area contributed by atoms with Gasteiger partial charge in [-0.3, -0.25) is 0 Å². The third-order valence-corrected chi connectivity index (χ3v) is 3.58. The maximum absolute atomic E-state index is 12.4. The minimum absolute atomic E-state index is 0.157. The van der Waals surface area contributed by atoms with E-state index in [9.17, 15) is 13.2 Å². The number of rotatable bonds is 2. The Hall–Kier alpha value is -1.77. The molecule has 0 spiro atoms. The SMILES string of the molecule is CN[C@H](c1ccc(Cl)cc1)C(F)(F)F.Sc1cnc2nc[nH]c2c1. The smallest absolute Gasteiger partial charge is 0.343 e. The van der Waals surface area contributed by atoms with Gasteiger partial charge in [0.05, 0.1) is 11.8 Å². The van der Waals surface area contributed by atoms with E-state index in [1.807, 2.05) is 6.07 Å². The minimum Gasteiger partial charge on any atom is -0.343 e. The van der Waals surface area contributed by atoms with Crippen molar-refractivity contribution in [2.24, 2.45) is 0 Å². The summed E-state index contributed by atoms with van der Waals surface area (Å²) in [6.07, 6.45) is -1.00. The van der Waals surface area contributed by atoms with Crippen molar-refractivity contribution < 1.29 is 13.2 Å². The third-order valence-electron chi connectivity index (χ3n) is 3.08. The molecule has 9 heteroatoms. The third kappa shape index (κ3) is 4.86. The highest BCUT2D eigenvalue weighted by atomic mass is 35.5. The molecule has 1 aromatic carbocycles. The molecule has 0 aliphatic heterocycles. The van der Waals surface area contributed by atoms with E-state index in [1.54, 1.807) is 12.5 Å². The predicted molar refractivity (Wildman–Crippen MR) is 90.4 cm³/mol. The summed E-state index contributed by atoms with van der Waals surface area (Å²) in [4.78, 5) is 11.8. The fourth-order valence-corrected chi connectivity index (χ4v) is 2.31. The number of thiol groups is 1. The second-order valence-corrected chi connectivity index (χ2v) is 5.73. The molecular formula is C15H14ClF3N4S. The lowest BCUT2D eigenvalue weighted by molar-refractivity contribution is -0.156. The van der Waals surface area contributed by atoms with Crippen LogP contribution in [0.3, 0.4) is 0 Å². The van der Waals surface area contributed by atoms with E-state index in [4.69, 9.17) is 11.6 Å². The van der Waals surface area contributed by atoms with Crippen LogP contribution in [0.25, 0.3) is 11.2 Å². The molecule has 24 heavy (non-hydrogen) atoms. The van der Waals surface area contributed by atoms with Crippen LogP contribution in [0.2, 0.25) is 5.02 Å². The van der Waals surface area contributed by atoms with Crippen molar-refractivity contribution in [1.82, 2.24) is 20.3 Å². The van der Waals surface area contributed by atoms with Gasteiger partial charge >= 0.3 is 6.18 Å². The van der Waals surface area contributed by atoms with Crippen molar-refractivity contribution in [3.63, 3.8) is 0 Å². The molecule has 2 N–H and O–H groups in total. The largest absolute Gasteiger partial charge is 0.407 e. The first kappa shape index (κ1) is 18.6. The standard InChI is InChI=1S/C9H9ClF3N.C6H5N3S/c1-14-8(9(11,12)13)6-2-4-7(10)5-3-6;10-4-1-5-6(7-2-4)9-3-8-5/h2-5,8,14H,1H3;1-3,10H,(H,7,8,9)/t8-;/m1./s1. The van der Waals surface area contributed by atoms with Gasteiger partial charge in [-0.1, -0.05) is 23.7 Å². The molecule has 0 aliphatic rings. The molecule has 0 saturated heterocycles. The van der Waals surface area contributed by atoms with Crippen LogP contribution in [-0.4, -0.2) is 28.2 Å². The number of aromatic amines is 1. The van der Waals surface area contributed by atoms with E-state index in [0.29, 0.717) is 5.02 Å².